The third-order valence-corrected chi connectivity index (χ3v) is 5.06. The first kappa shape index (κ1) is 19.1. The minimum atomic E-state index is -0.196. The fourth-order valence-electron chi connectivity index (χ4n) is 3.48. The van der Waals surface area contributed by atoms with Crippen molar-refractivity contribution in [3.05, 3.63) is 78.0 Å². The van der Waals surface area contributed by atoms with Crippen LogP contribution in [0.25, 0.3) is 0 Å². The molecule has 4 rings (SSSR count). The van der Waals surface area contributed by atoms with E-state index in [0.717, 1.165) is 0 Å². The molecule has 0 saturated carbocycles. The Labute approximate surface area is 169 Å². The molecule has 1 aromatic heterocycles. The first-order valence-corrected chi connectivity index (χ1v) is 9.75. The molecule has 3 aromatic rings. The van der Waals surface area contributed by atoms with Gasteiger partial charge >= 0.3 is 0 Å². The van der Waals surface area contributed by atoms with Crippen molar-refractivity contribution in [1.82, 2.24) is 9.97 Å². The summed E-state index contributed by atoms with van der Waals surface area (Å²) in [7, 11) is 0. The normalized spacial score (nSPS) is 14.1. The van der Waals surface area contributed by atoms with E-state index in [4.69, 9.17) is 0 Å². The molecule has 0 unspecified atom stereocenters. The maximum absolute atomic E-state index is 14.0. The van der Waals surface area contributed by atoms with E-state index in [9.17, 15) is 8.78 Å². The molecule has 0 amide bonds. The van der Waals surface area contributed by atoms with Crippen LogP contribution in [-0.2, 0) is 6.42 Å². The Morgan fingerprint density at radius 2 is 1.52 bits per heavy atom. The quantitative estimate of drug-likeness (QED) is 0.689. The number of anilines is 3. The number of nitrogens with zero attached hydrogens (tertiary/aromatic N) is 4. The summed E-state index contributed by atoms with van der Waals surface area (Å²) in [5, 5.41) is 3.24. The highest BCUT2D eigenvalue weighted by molar-refractivity contribution is 5.50. The first-order valence-electron chi connectivity index (χ1n) is 9.75. The van der Waals surface area contributed by atoms with Gasteiger partial charge in [-0.2, -0.15) is 4.98 Å². The largest absolute Gasteiger partial charge is 0.370 e. The first-order chi connectivity index (χ1) is 14.2. The summed E-state index contributed by atoms with van der Waals surface area (Å²) in [6.07, 6.45) is 2.30. The predicted molar refractivity (Wildman–Crippen MR) is 111 cm³/mol. The Bertz CT molecular complexity index is 957. The molecule has 1 fully saturated rings. The zero-order chi connectivity index (χ0) is 20.1. The van der Waals surface area contributed by atoms with Gasteiger partial charge in [0.05, 0.1) is 5.69 Å². The van der Waals surface area contributed by atoms with Crippen molar-refractivity contribution in [2.45, 2.75) is 6.42 Å². The molecule has 5 nitrogen and oxygen atoms in total. The molecule has 1 aliphatic heterocycles. The Kier molecular flexibility index (Phi) is 5.84. The van der Waals surface area contributed by atoms with Gasteiger partial charge in [0, 0.05) is 38.9 Å². The SMILES string of the molecule is Fc1ccccc1CCNc1ccnc(N2CCN(c3ccccc3F)CC2)n1. The average Bonchev–Trinajstić information content (AvgIpc) is 2.76. The minimum Gasteiger partial charge on any atom is -0.370 e. The topological polar surface area (TPSA) is 44.3 Å². The molecule has 1 aliphatic rings. The summed E-state index contributed by atoms with van der Waals surface area (Å²) in [6.45, 7) is 3.42. The molecular weight excluding hydrogens is 372 g/mol. The van der Waals surface area contributed by atoms with E-state index in [0.29, 0.717) is 62.2 Å². The Morgan fingerprint density at radius 1 is 0.828 bits per heavy atom. The summed E-state index contributed by atoms with van der Waals surface area (Å²) < 4.78 is 27.7. The van der Waals surface area contributed by atoms with Crippen LogP contribution in [0.5, 0.6) is 0 Å². The number of hydrogen-bond acceptors (Lipinski definition) is 5. The minimum absolute atomic E-state index is 0.189. The molecular formula is C22H23F2N5. The molecule has 0 spiro atoms. The van der Waals surface area contributed by atoms with Crippen LogP contribution >= 0.6 is 0 Å². The van der Waals surface area contributed by atoms with Crippen molar-refractivity contribution in [2.24, 2.45) is 0 Å². The summed E-state index contributed by atoms with van der Waals surface area (Å²) >= 11 is 0. The zero-order valence-electron chi connectivity index (χ0n) is 16.1. The molecule has 0 bridgehead atoms. The van der Waals surface area contributed by atoms with Gasteiger partial charge < -0.3 is 15.1 Å². The van der Waals surface area contributed by atoms with Crippen molar-refractivity contribution in [1.29, 1.82) is 0 Å². The van der Waals surface area contributed by atoms with Crippen molar-refractivity contribution in [3.63, 3.8) is 0 Å². The van der Waals surface area contributed by atoms with Crippen molar-refractivity contribution < 1.29 is 8.78 Å². The number of halogens is 2. The number of benzene rings is 2. The second-order valence-corrected chi connectivity index (χ2v) is 6.94. The Hall–Kier alpha value is -3.22. The molecule has 1 saturated heterocycles. The van der Waals surface area contributed by atoms with Gasteiger partial charge in [-0.05, 0) is 36.2 Å². The second kappa shape index (κ2) is 8.86. The van der Waals surface area contributed by atoms with Crippen LogP contribution < -0.4 is 15.1 Å². The van der Waals surface area contributed by atoms with Gasteiger partial charge in [0.15, 0.2) is 0 Å². The zero-order valence-corrected chi connectivity index (χ0v) is 16.1. The summed E-state index contributed by atoms with van der Waals surface area (Å²) in [4.78, 5) is 13.1. The molecule has 2 heterocycles. The summed E-state index contributed by atoms with van der Waals surface area (Å²) in [5.74, 6) is 0.973. The van der Waals surface area contributed by atoms with E-state index >= 15 is 0 Å². The van der Waals surface area contributed by atoms with Crippen LogP contribution in [-0.4, -0.2) is 42.7 Å². The lowest BCUT2D eigenvalue weighted by atomic mass is 10.1. The van der Waals surface area contributed by atoms with E-state index in [2.05, 4.69) is 20.2 Å². The van der Waals surface area contributed by atoms with Gasteiger partial charge in [-0.1, -0.05) is 30.3 Å². The smallest absolute Gasteiger partial charge is 0.227 e. The van der Waals surface area contributed by atoms with E-state index in [1.54, 1.807) is 30.5 Å². The lowest BCUT2D eigenvalue weighted by molar-refractivity contribution is 0.594. The van der Waals surface area contributed by atoms with Crippen molar-refractivity contribution >= 4 is 17.5 Å². The van der Waals surface area contributed by atoms with Gasteiger partial charge in [-0.15, -0.1) is 0 Å². The predicted octanol–water partition coefficient (Wildman–Crippen LogP) is 3.74. The van der Waals surface area contributed by atoms with Crippen LogP contribution in [0.3, 0.4) is 0 Å². The number of piperazine rings is 1. The Morgan fingerprint density at radius 3 is 2.28 bits per heavy atom. The number of aromatic nitrogens is 2. The molecule has 2 aromatic carbocycles. The molecule has 0 atom stereocenters. The molecule has 0 radical (unpaired) electrons. The van der Waals surface area contributed by atoms with E-state index in [-0.39, 0.29) is 11.6 Å². The van der Waals surface area contributed by atoms with Crippen molar-refractivity contribution in [3.8, 4) is 0 Å². The van der Waals surface area contributed by atoms with E-state index in [1.807, 2.05) is 23.1 Å². The molecule has 29 heavy (non-hydrogen) atoms. The van der Waals surface area contributed by atoms with E-state index in [1.165, 1.54) is 12.1 Å². The fraction of sp³-hybridized carbons (Fsp3) is 0.273. The molecule has 0 aliphatic carbocycles. The van der Waals surface area contributed by atoms with Gasteiger partial charge in [0.1, 0.15) is 17.5 Å². The average molecular weight is 395 g/mol. The van der Waals surface area contributed by atoms with Gasteiger partial charge in [0.25, 0.3) is 0 Å². The van der Waals surface area contributed by atoms with Crippen LogP contribution in [0.15, 0.2) is 60.8 Å². The highest BCUT2D eigenvalue weighted by Crippen LogP contribution is 2.21. The summed E-state index contributed by atoms with van der Waals surface area (Å²) in [5.41, 5.74) is 1.31. The second-order valence-electron chi connectivity index (χ2n) is 6.94. The number of nitrogens with one attached hydrogen (secondary N) is 1. The molecule has 7 heteroatoms. The van der Waals surface area contributed by atoms with Crippen LogP contribution in [0.2, 0.25) is 0 Å². The van der Waals surface area contributed by atoms with Crippen LogP contribution in [0.4, 0.5) is 26.2 Å². The number of rotatable bonds is 6. The van der Waals surface area contributed by atoms with Crippen molar-refractivity contribution in [2.75, 3.05) is 47.8 Å². The lowest BCUT2D eigenvalue weighted by Crippen LogP contribution is -2.47. The highest BCUT2D eigenvalue weighted by atomic mass is 19.1. The van der Waals surface area contributed by atoms with Gasteiger partial charge in [0.2, 0.25) is 5.95 Å². The van der Waals surface area contributed by atoms with Crippen LogP contribution in [0.1, 0.15) is 5.56 Å². The Balaban J connectivity index is 1.33. The molecule has 1 N–H and O–H groups in total. The summed E-state index contributed by atoms with van der Waals surface area (Å²) in [6, 6.07) is 15.4. The number of hydrogen-bond donors (Lipinski definition) is 1. The number of para-hydroxylation sites is 1. The molecule has 150 valence electrons. The van der Waals surface area contributed by atoms with Gasteiger partial charge in [-0.25, -0.2) is 13.8 Å². The highest BCUT2D eigenvalue weighted by Gasteiger charge is 2.21. The maximum Gasteiger partial charge on any atom is 0.227 e. The third kappa shape index (κ3) is 4.62. The van der Waals surface area contributed by atoms with Crippen LogP contribution in [0, 0.1) is 11.6 Å². The fourth-order valence-corrected chi connectivity index (χ4v) is 3.48. The standard InChI is InChI=1S/C22H23F2N5/c23-18-6-2-1-5-17(18)9-11-25-21-10-12-26-22(27-21)29-15-13-28(14-16-29)20-8-4-3-7-19(20)24/h1-8,10,12H,9,11,13-16H2,(H,25,26,27). The lowest BCUT2D eigenvalue weighted by Gasteiger charge is -2.36. The third-order valence-electron chi connectivity index (χ3n) is 5.06. The monoisotopic (exact) mass is 395 g/mol. The van der Waals surface area contributed by atoms with E-state index < -0.39 is 0 Å². The van der Waals surface area contributed by atoms with Gasteiger partial charge in [-0.3, -0.25) is 0 Å². The maximum atomic E-state index is 14.0.